The van der Waals surface area contributed by atoms with Crippen LogP contribution in [0.25, 0.3) is 36.5 Å². The second-order valence-electron chi connectivity index (χ2n) is 8.70. The summed E-state index contributed by atoms with van der Waals surface area (Å²) in [7, 11) is 0. The van der Waals surface area contributed by atoms with Gasteiger partial charge in [-0.3, -0.25) is 0 Å². The molecule has 0 fully saturated rings. The van der Waals surface area contributed by atoms with Gasteiger partial charge in [0.15, 0.2) is 0 Å². The van der Waals surface area contributed by atoms with Crippen molar-refractivity contribution in [3.05, 3.63) is 123 Å². The van der Waals surface area contributed by atoms with Gasteiger partial charge in [0.1, 0.15) is 18.2 Å². The maximum Gasteiger partial charge on any atom is 0.100 e. The van der Waals surface area contributed by atoms with Crippen LogP contribution in [-0.2, 0) is 0 Å². The molecule has 0 amide bonds. The monoisotopic (exact) mass is 504 g/mol. The Balaban J connectivity index is 1.96. The second-order valence-corrected chi connectivity index (χ2v) is 8.70. The Morgan fingerprint density at radius 3 is 0.821 bits per heavy atom. The summed E-state index contributed by atoms with van der Waals surface area (Å²) in [5.41, 5.74) is 23.8. The number of nitrogen functional groups attached to an aromatic ring is 3. The zero-order valence-corrected chi connectivity index (χ0v) is 21.0. The summed E-state index contributed by atoms with van der Waals surface area (Å²) in [5, 5.41) is 30.7. The maximum absolute atomic E-state index is 10.2. The van der Waals surface area contributed by atoms with Crippen LogP contribution in [0.3, 0.4) is 0 Å². The molecule has 6 nitrogen and oxygen atoms in total. The first-order chi connectivity index (χ1) is 18.9. The van der Waals surface area contributed by atoms with Gasteiger partial charge in [-0.15, -0.1) is 0 Å². The molecule has 4 aromatic carbocycles. The van der Waals surface area contributed by atoms with Gasteiger partial charge in [0.2, 0.25) is 0 Å². The van der Waals surface area contributed by atoms with Crippen LogP contribution in [0.2, 0.25) is 0 Å². The second kappa shape index (κ2) is 11.8. The van der Waals surface area contributed by atoms with Crippen molar-refractivity contribution in [1.82, 2.24) is 0 Å². The lowest BCUT2D eigenvalue weighted by molar-refractivity contribution is 1.37. The predicted molar refractivity (Wildman–Crippen MR) is 160 cm³/mol. The van der Waals surface area contributed by atoms with E-state index in [2.05, 4.69) is 18.2 Å². The number of nitriles is 3. The molecular weight excluding hydrogens is 480 g/mol. The first kappa shape index (κ1) is 26.0. The number of rotatable bonds is 6. The van der Waals surface area contributed by atoms with Gasteiger partial charge in [0.25, 0.3) is 0 Å². The van der Waals surface area contributed by atoms with Crippen LogP contribution >= 0.6 is 0 Å². The van der Waals surface area contributed by atoms with E-state index in [1.807, 2.05) is 54.6 Å². The van der Waals surface area contributed by atoms with E-state index < -0.39 is 0 Å². The predicted octanol–water partition coefficient (Wildman–Crippen LogP) is 6.56. The largest absolute Gasteiger partial charge is 0.399 e. The number of nitrogens with two attached hydrogens (primary N) is 3. The van der Waals surface area contributed by atoms with Gasteiger partial charge in [-0.25, -0.2) is 0 Å². The molecule has 0 aliphatic carbocycles. The van der Waals surface area contributed by atoms with E-state index in [0.29, 0.717) is 33.8 Å². The van der Waals surface area contributed by atoms with Crippen molar-refractivity contribution < 1.29 is 0 Å². The van der Waals surface area contributed by atoms with Gasteiger partial charge in [-0.1, -0.05) is 72.9 Å². The molecule has 6 N–H and O–H groups in total. The van der Waals surface area contributed by atoms with Crippen molar-refractivity contribution in [3.8, 4) is 18.2 Å². The molecule has 4 rings (SSSR count). The number of benzene rings is 4. The van der Waals surface area contributed by atoms with Crippen LogP contribution < -0.4 is 17.2 Å². The third kappa shape index (κ3) is 6.04. The minimum Gasteiger partial charge on any atom is -0.399 e. The Hall–Kier alpha value is -6.03. The average molecular weight is 505 g/mol. The lowest BCUT2D eigenvalue weighted by Gasteiger charge is -2.13. The van der Waals surface area contributed by atoms with Gasteiger partial charge >= 0.3 is 0 Å². The van der Waals surface area contributed by atoms with Gasteiger partial charge in [0.05, 0.1) is 16.7 Å². The first-order valence-corrected chi connectivity index (χ1v) is 12.0. The molecule has 4 aromatic rings. The van der Waals surface area contributed by atoms with Gasteiger partial charge in [-0.2, -0.15) is 15.8 Å². The minimum atomic E-state index is 0.228. The van der Waals surface area contributed by atoms with E-state index in [0.717, 1.165) is 16.7 Å². The summed E-state index contributed by atoms with van der Waals surface area (Å²) >= 11 is 0. The van der Waals surface area contributed by atoms with Crippen molar-refractivity contribution in [2.75, 3.05) is 17.2 Å². The molecule has 0 atom stereocenters. The lowest BCUT2D eigenvalue weighted by atomic mass is 9.86. The molecule has 0 bridgehead atoms. The highest BCUT2D eigenvalue weighted by Crippen LogP contribution is 2.32. The summed E-state index contributed by atoms with van der Waals surface area (Å²) in [5.74, 6) is 0. The van der Waals surface area contributed by atoms with E-state index in [-0.39, 0.29) is 16.7 Å². The molecule has 0 aromatic heterocycles. The Labute approximate surface area is 227 Å². The topological polar surface area (TPSA) is 149 Å². The summed E-state index contributed by atoms with van der Waals surface area (Å²) < 4.78 is 0. The van der Waals surface area contributed by atoms with Crippen molar-refractivity contribution in [3.63, 3.8) is 0 Å². The summed E-state index contributed by atoms with van der Waals surface area (Å²) in [4.78, 5) is 0. The van der Waals surface area contributed by atoms with Crippen LogP contribution in [0, 0.1) is 34.0 Å². The smallest absolute Gasteiger partial charge is 0.100 e. The normalized spacial score (nSPS) is 11.0. The maximum atomic E-state index is 10.2. The standard InChI is InChI=1S/C33H24N6/c34-19-31-28(16-7-22-1-10-25(37)11-2-22)32(20-35)30(18-9-24-5-14-27(39)15-6-24)33(21-36)29(31)17-8-23-3-12-26(38)13-4-23/h1-18H,37-39H2. The summed E-state index contributed by atoms with van der Waals surface area (Å²) in [6, 6.07) is 28.4. The highest BCUT2D eigenvalue weighted by molar-refractivity contribution is 5.90. The van der Waals surface area contributed by atoms with Crippen LogP contribution in [0.1, 0.15) is 50.1 Å². The van der Waals surface area contributed by atoms with Gasteiger partial charge in [-0.05, 0) is 53.1 Å². The van der Waals surface area contributed by atoms with Crippen molar-refractivity contribution in [2.45, 2.75) is 0 Å². The fourth-order valence-corrected chi connectivity index (χ4v) is 4.03. The van der Waals surface area contributed by atoms with Gasteiger partial charge in [0, 0.05) is 33.8 Å². The highest BCUT2D eigenvalue weighted by Gasteiger charge is 2.20. The lowest BCUT2D eigenvalue weighted by Crippen LogP contribution is -2.02. The number of nitrogens with zero attached hydrogens (tertiary/aromatic N) is 3. The van der Waals surface area contributed by atoms with Crippen molar-refractivity contribution >= 4 is 53.5 Å². The number of hydrogen-bond donors (Lipinski definition) is 3. The number of hydrogen-bond acceptors (Lipinski definition) is 6. The van der Waals surface area contributed by atoms with Gasteiger partial charge < -0.3 is 17.2 Å². The molecule has 6 heteroatoms. The molecule has 0 saturated carbocycles. The van der Waals surface area contributed by atoms with E-state index in [1.54, 1.807) is 54.6 Å². The molecule has 0 saturated heterocycles. The Morgan fingerprint density at radius 1 is 0.385 bits per heavy atom. The van der Waals surface area contributed by atoms with Crippen LogP contribution in [-0.4, -0.2) is 0 Å². The fourth-order valence-electron chi connectivity index (χ4n) is 4.03. The van der Waals surface area contributed by atoms with Crippen LogP contribution in [0.5, 0.6) is 0 Å². The molecule has 0 heterocycles. The van der Waals surface area contributed by atoms with Crippen LogP contribution in [0.4, 0.5) is 17.1 Å². The third-order valence-electron chi connectivity index (χ3n) is 6.09. The molecule has 0 spiro atoms. The Morgan fingerprint density at radius 2 is 0.615 bits per heavy atom. The SMILES string of the molecule is N#Cc1c(C=Cc2ccc(N)cc2)c(C#N)c(C=Cc2ccc(N)cc2)c(C#N)c1C=Cc1ccc(N)cc1. The molecule has 0 aliphatic rings. The van der Waals surface area contributed by atoms with Crippen LogP contribution in [0.15, 0.2) is 72.8 Å². The van der Waals surface area contributed by atoms with Crippen molar-refractivity contribution in [1.29, 1.82) is 15.8 Å². The third-order valence-corrected chi connectivity index (χ3v) is 6.09. The average Bonchev–Trinajstić information content (AvgIpc) is 2.95. The van der Waals surface area contributed by atoms with E-state index in [1.165, 1.54) is 0 Å². The molecule has 0 radical (unpaired) electrons. The Kier molecular flexibility index (Phi) is 7.88. The van der Waals surface area contributed by atoms with Crippen molar-refractivity contribution in [2.24, 2.45) is 0 Å². The molecule has 0 aliphatic heterocycles. The molecular formula is C33H24N6. The summed E-state index contributed by atoms with van der Waals surface area (Å²) in [6.45, 7) is 0. The Bertz CT molecular complexity index is 1490. The zero-order valence-electron chi connectivity index (χ0n) is 21.0. The van der Waals surface area contributed by atoms with E-state index in [9.17, 15) is 15.8 Å². The number of anilines is 3. The fraction of sp³-hybridized carbons (Fsp3) is 0. The highest BCUT2D eigenvalue weighted by atomic mass is 14.5. The van der Waals surface area contributed by atoms with E-state index in [4.69, 9.17) is 17.2 Å². The summed E-state index contributed by atoms with van der Waals surface area (Å²) in [6.07, 6.45) is 10.6. The molecule has 0 unspecified atom stereocenters. The van der Waals surface area contributed by atoms with E-state index >= 15 is 0 Å². The minimum absolute atomic E-state index is 0.228. The zero-order chi connectivity index (χ0) is 27.8. The quantitative estimate of drug-likeness (QED) is 0.200. The molecule has 186 valence electrons. The molecule has 39 heavy (non-hydrogen) atoms. The first-order valence-electron chi connectivity index (χ1n) is 12.0.